The molecular formula is C15H20N2O3S. The standard InChI is InChI=1S/C15H20N2O3S/c1-9(13(8-18)21-2)16-15(20)11-3-5-12-10(7-11)4-6-14(19)17-12/h3,5,7,9,13,18H,4,6,8H2,1-2H3,(H,16,20)(H,17,19). The number of anilines is 1. The van der Waals surface area contributed by atoms with Crippen molar-refractivity contribution in [1.29, 1.82) is 0 Å². The lowest BCUT2D eigenvalue weighted by molar-refractivity contribution is -0.116. The molecule has 1 heterocycles. The number of hydrogen-bond acceptors (Lipinski definition) is 4. The van der Waals surface area contributed by atoms with E-state index in [1.807, 2.05) is 19.2 Å². The Morgan fingerprint density at radius 2 is 2.24 bits per heavy atom. The summed E-state index contributed by atoms with van der Waals surface area (Å²) in [6.45, 7) is 1.91. The van der Waals surface area contributed by atoms with Gasteiger partial charge >= 0.3 is 0 Å². The van der Waals surface area contributed by atoms with Gasteiger partial charge in [0.2, 0.25) is 5.91 Å². The van der Waals surface area contributed by atoms with Gasteiger partial charge in [0.25, 0.3) is 5.91 Å². The Morgan fingerprint density at radius 3 is 2.90 bits per heavy atom. The first-order chi connectivity index (χ1) is 10.0. The zero-order valence-electron chi connectivity index (χ0n) is 12.2. The van der Waals surface area contributed by atoms with Crippen LogP contribution < -0.4 is 10.6 Å². The molecule has 1 aliphatic heterocycles. The topological polar surface area (TPSA) is 78.4 Å². The van der Waals surface area contributed by atoms with Crippen molar-refractivity contribution in [3.05, 3.63) is 29.3 Å². The molecular weight excluding hydrogens is 288 g/mol. The number of benzene rings is 1. The second-order valence-corrected chi connectivity index (χ2v) is 6.22. The van der Waals surface area contributed by atoms with E-state index in [0.29, 0.717) is 18.4 Å². The van der Waals surface area contributed by atoms with Crippen LogP contribution in [0.2, 0.25) is 0 Å². The Balaban J connectivity index is 2.08. The van der Waals surface area contributed by atoms with Crippen LogP contribution in [0, 0.1) is 0 Å². The van der Waals surface area contributed by atoms with Crippen molar-refractivity contribution in [2.75, 3.05) is 18.2 Å². The molecule has 6 heteroatoms. The molecule has 5 nitrogen and oxygen atoms in total. The van der Waals surface area contributed by atoms with Crippen LogP contribution in [0.1, 0.15) is 29.3 Å². The molecule has 0 spiro atoms. The average molecular weight is 308 g/mol. The van der Waals surface area contributed by atoms with E-state index in [1.165, 1.54) is 11.8 Å². The number of hydrogen-bond donors (Lipinski definition) is 3. The molecule has 21 heavy (non-hydrogen) atoms. The van der Waals surface area contributed by atoms with E-state index in [2.05, 4.69) is 10.6 Å². The minimum atomic E-state index is -0.158. The van der Waals surface area contributed by atoms with Crippen LogP contribution in [0.15, 0.2) is 18.2 Å². The van der Waals surface area contributed by atoms with Crippen molar-refractivity contribution >= 4 is 29.3 Å². The molecule has 2 amide bonds. The first kappa shape index (κ1) is 15.9. The summed E-state index contributed by atoms with van der Waals surface area (Å²) in [5, 5.41) is 14.9. The van der Waals surface area contributed by atoms with Crippen LogP contribution in [0.4, 0.5) is 5.69 Å². The minimum absolute atomic E-state index is 0.0130. The Kier molecular flexibility index (Phi) is 5.25. The summed E-state index contributed by atoms with van der Waals surface area (Å²) in [6.07, 6.45) is 3.01. The number of amides is 2. The molecule has 0 bridgehead atoms. The molecule has 2 unspecified atom stereocenters. The summed E-state index contributed by atoms with van der Waals surface area (Å²) in [6, 6.07) is 5.18. The van der Waals surface area contributed by atoms with Gasteiger partial charge in [-0.1, -0.05) is 0 Å². The predicted molar refractivity (Wildman–Crippen MR) is 84.7 cm³/mol. The van der Waals surface area contributed by atoms with Gasteiger partial charge in [0.05, 0.1) is 6.61 Å². The van der Waals surface area contributed by atoms with E-state index < -0.39 is 0 Å². The second kappa shape index (κ2) is 6.95. The molecule has 1 aromatic carbocycles. The van der Waals surface area contributed by atoms with Crippen LogP contribution in [-0.4, -0.2) is 41.1 Å². The van der Waals surface area contributed by atoms with Crippen molar-refractivity contribution in [1.82, 2.24) is 5.32 Å². The molecule has 0 fully saturated rings. The summed E-state index contributed by atoms with van der Waals surface area (Å²) in [5.41, 5.74) is 2.35. The van der Waals surface area contributed by atoms with Crippen LogP contribution in [0.25, 0.3) is 0 Å². The van der Waals surface area contributed by atoms with Gasteiger partial charge in [-0.15, -0.1) is 0 Å². The van der Waals surface area contributed by atoms with E-state index in [-0.39, 0.29) is 29.7 Å². The zero-order valence-corrected chi connectivity index (χ0v) is 13.0. The molecule has 0 aromatic heterocycles. The fourth-order valence-corrected chi connectivity index (χ4v) is 2.97. The maximum atomic E-state index is 12.3. The zero-order chi connectivity index (χ0) is 15.4. The van der Waals surface area contributed by atoms with E-state index in [1.54, 1.807) is 12.1 Å². The number of fused-ring (bicyclic) bond motifs is 1. The first-order valence-corrected chi connectivity index (χ1v) is 8.21. The lowest BCUT2D eigenvalue weighted by atomic mass is 10.00. The fraction of sp³-hybridized carbons (Fsp3) is 0.467. The summed E-state index contributed by atoms with van der Waals surface area (Å²) >= 11 is 1.53. The van der Waals surface area contributed by atoms with Crippen molar-refractivity contribution in [2.45, 2.75) is 31.1 Å². The molecule has 0 saturated heterocycles. The van der Waals surface area contributed by atoms with Crippen LogP contribution in [0.5, 0.6) is 0 Å². The molecule has 0 saturated carbocycles. The maximum absolute atomic E-state index is 12.3. The Bertz CT molecular complexity index is 544. The highest BCUT2D eigenvalue weighted by Gasteiger charge is 2.20. The predicted octanol–water partition coefficient (Wildman–Crippen LogP) is 1.41. The highest BCUT2D eigenvalue weighted by molar-refractivity contribution is 7.99. The first-order valence-electron chi connectivity index (χ1n) is 6.92. The van der Waals surface area contributed by atoms with Gasteiger partial charge in [-0.05, 0) is 43.4 Å². The van der Waals surface area contributed by atoms with Gasteiger partial charge in [-0.2, -0.15) is 11.8 Å². The fourth-order valence-electron chi connectivity index (χ4n) is 2.34. The average Bonchev–Trinajstić information content (AvgIpc) is 2.47. The highest BCUT2D eigenvalue weighted by atomic mass is 32.2. The number of carbonyl (C=O) groups excluding carboxylic acids is 2. The van der Waals surface area contributed by atoms with E-state index in [9.17, 15) is 14.7 Å². The molecule has 1 aromatic rings. The number of carbonyl (C=O) groups is 2. The summed E-state index contributed by atoms with van der Waals surface area (Å²) in [7, 11) is 0. The van der Waals surface area contributed by atoms with Crippen molar-refractivity contribution in [3.63, 3.8) is 0 Å². The maximum Gasteiger partial charge on any atom is 0.251 e. The van der Waals surface area contributed by atoms with Gasteiger partial charge in [0.1, 0.15) is 0 Å². The molecule has 0 radical (unpaired) electrons. The van der Waals surface area contributed by atoms with Crippen molar-refractivity contribution < 1.29 is 14.7 Å². The Hall–Kier alpha value is -1.53. The molecule has 114 valence electrons. The number of rotatable bonds is 5. The van der Waals surface area contributed by atoms with Gasteiger partial charge in [-0.3, -0.25) is 9.59 Å². The largest absolute Gasteiger partial charge is 0.395 e. The number of nitrogens with one attached hydrogen (secondary N) is 2. The third-order valence-corrected chi connectivity index (χ3v) is 4.82. The van der Waals surface area contributed by atoms with Gasteiger partial charge in [-0.25, -0.2) is 0 Å². The highest BCUT2D eigenvalue weighted by Crippen LogP contribution is 2.23. The van der Waals surface area contributed by atoms with Crippen LogP contribution >= 0.6 is 11.8 Å². The summed E-state index contributed by atoms with van der Waals surface area (Å²) in [5.74, 6) is -0.145. The van der Waals surface area contributed by atoms with Crippen molar-refractivity contribution in [3.8, 4) is 0 Å². The number of aliphatic hydroxyl groups is 1. The molecule has 3 N–H and O–H groups in total. The van der Waals surface area contributed by atoms with Crippen molar-refractivity contribution in [2.24, 2.45) is 0 Å². The molecule has 0 aliphatic carbocycles. The van der Waals surface area contributed by atoms with Crippen LogP contribution in [0.3, 0.4) is 0 Å². The number of aryl methyl sites for hydroxylation is 1. The third kappa shape index (κ3) is 3.77. The van der Waals surface area contributed by atoms with Crippen LogP contribution in [-0.2, 0) is 11.2 Å². The molecule has 1 aliphatic rings. The quantitative estimate of drug-likeness (QED) is 0.768. The number of aliphatic hydroxyl groups excluding tert-OH is 1. The third-order valence-electron chi connectivity index (χ3n) is 3.66. The summed E-state index contributed by atoms with van der Waals surface area (Å²) in [4.78, 5) is 23.6. The summed E-state index contributed by atoms with van der Waals surface area (Å²) < 4.78 is 0. The van der Waals surface area contributed by atoms with E-state index >= 15 is 0 Å². The normalized spacial score (nSPS) is 16.6. The SMILES string of the molecule is CSC(CO)C(C)NC(=O)c1ccc2c(c1)CCC(=O)N2. The van der Waals surface area contributed by atoms with Gasteiger partial charge < -0.3 is 15.7 Å². The second-order valence-electron chi connectivity index (χ2n) is 5.14. The lowest BCUT2D eigenvalue weighted by Crippen LogP contribution is -2.41. The Morgan fingerprint density at radius 1 is 1.48 bits per heavy atom. The minimum Gasteiger partial charge on any atom is -0.395 e. The monoisotopic (exact) mass is 308 g/mol. The van der Waals surface area contributed by atoms with Gasteiger partial charge in [0, 0.05) is 29.0 Å². The smallest absolute Gasteiger partial charge is 0.251 e. The lowest BCUT2D eigenvalue weighted by Gasteiger charge is -2.22. The number of thioether (sulfide) groups is 1. The Labute approximate surface area is 128 Å². The molecule has 2 atom stereocenters. The van der Waals surface area contributed by atoms with E-state index in [0.717, 1.165) is 11.3 Å². The van der Waals surface area contributed by atoms with Gasteiger partial charge in [0.15, 0.2) is 0 Å². The molecule has 2 rings (SSSR count). The van der Waals surface area contributed by atoms with E-state index in [4.69, 9.17) is 0 Å².